The third kappa shape index (κ3) is 2.62. The maximum Gasteiger partial charge on any atom is 0.122 e. The number of hydrogen-bond donors (Lipinski definition) is 0. The molecule has 15 heavy (non-hydrogen) atoms. The number of benzene rings is 1. The molecule has 1 unspecified atom stereocenters. The first kappa shape index (κ1) is 10.3. The summed E-state index contributed by atoms with van der Waals surface area (Å²) in [5, 5.41) is 0. The molecule has 0 fully saturated rings. The summed E-state index contributed by atoms with van der Waals surface area (Å²) in [7, 11) is 1.75. The summed E-state index contributed by atoms with van der Waals surface area (Å²) in [6.07, 6.45) is 9.67. The topological polar surface area (TPSA) is 9.23 Å². The molecule has 0 spiro atoms. The van der Waals surface area contributed by atoms with Crippen LogP contribution >= 0.6 is 0 Å². The molecular formula is C14H18O. The second-order valence-electron chi connectivity index (χ2n) is 4.14. The van der Waals surface area contributed by atoms with E-state index in [1.807, 2.05) is 12.1 Å². The summed E-state index contributed by atoms with van der Waals surface area (Å²) in [5.41, 5.74) is 1.33. The van der Waals surface area contributed by atoms with E-state index in [1.54, 1.807) is 7.11 Å². The van der Waals surface area contributed by atoms with Gasteiger partial charge in [-0.25, -0.2) is 0 Å². The molecule has 0 heterocycles. The minimum Gasteiger partial charge on any atom is -0.496 e. The Morgan fingerprint density at radius 3 is 2.93 bits per heavy atom. The molecule has 2 rings (SSSR count). The van der Waals surface area contributed by atoms with E-state index in [0.717, 1.165) is 12.2 Å². The van der Waals surface area contributed by atoms with Crippen LogP contribution in [0.25, 0.3) is 0 Å². The van der Waals surface area contributed by atoms with Crippen molar-refractivity contribution in [3.05, 3.63) is 42.0 Å². The molecule has 1 aromatic rings. The van der Waals surface area contributed by atoms with E-state index in [-0.39, 0.29) is 0 Å². The Hall–Kier alpha value is -1.24. The molecule has 80 valence electrons. The van der Waals surface area contributed by atoms with Gasteiger partial charge in [-0.05, 0) is 43.2 Å². The number of hydrogen-bond acceptors (Lipinski definition) is 1. The molecule has 1 aliphatic rings. The fourth-order valence-corrected chi connectivity index (χ4v) is 2.21. The Bertz CT molecular complexity index is 341. The maximum absolute atomic E-state index is 5.36. The zero-order valence-corrected chi connectivity index (χ0v) is 9.28. The number of methoxy groups -OCH3 is 1. The lowest BCUT2D eigenvalue weighted by atomic mass is 9.90. The van der Waals surface area contributed by atoms with Crippen LogP contribution in [-0.2, 0) is 6.42 Å². The highest BCUT2D eigenvalue weighted by atomic mass is 16.5. The van der Waals surface area contributed by atoms with Crippen molar-refractivity contribution in [2.24, 2.45) is 5.92 Å². The largest absolute Gasteiger partial charge is 0.496 e. The summed E-state index contributed by atoms with van der Waals surface area (Å²) in [4.78, 5) is 0. The molecule has 0 N–H and O–H groups in total. The fourth-order valence-electron chi connectivity index (χ4n) is 2.21. The van der Waals surface area contributed by atoms with Gasteiger partial charge in [-0.1, -0.05) is 30.4 Å². The van der Waals surface area contributed by atoms with E-state index < -0.39 is 0 Å². The van der Waals surface area contributed by atoms with Gasteiger partial charge in [0.05, 0.1) is 7.11 Å². The van der Waals surface area contributed by atoms with E-state index in [2.05, 4.69) is 24.3 Å². The minimum absolute atomic E-state index is 0.704. The summed E-state index contributed by atoms with van der Waals surface area (Å²) in [6, 6.07) is 8.33. The van der Waals surface area contributed by atoms with Crippen LogP contribution in [0.3, 0.4) is 0 Å². The van der Waals surface area contributed by atoms with Crippen LogP contribution < -0.4 is 4.74 Å². The number of para-hydroxylation sites is 1. The van der Waals surface area contributed by atoms with E-state index in [1.165, 1.54) is 24.8 Å². The first-order chi connectivity index (χ1) is 7.40. The lowest BCUT2D eigenvalue weighted by molar-refractivity contribution is 0.405. The smallest absolute Gasteiger partial charge is 0.122 e. The van der Waals surface area contributed by atoms with Gasteiger partial charge in [0.25, 0.3) is 0 Å². The normalized spacial score (nSPS) is 20.2. The lowest BCUT2D eigenvalue weighted by Gasteiger charge is -2.17. The highest BCUT2D eigenvalue weighted by molar-refractivity contribution is 5.33. The molecule has 0 saturated carbocycles. The monoisotopic (exact) mass is 202 g/mol. The van der Waals surface area contributed by atoms with Crippen molar-refractivity contribution >= 4 is 0 Å². The Labute approximate surface area is 91.8 Å². The van der Waals surface area contributed by atoms with Crippen molar-refractivity contribution in [1.82, 2.24) is 0 Å². The number of ether oxygens (including phenoxy) is 1. The molecule has 0 aliphatic heterocycles. The quantitative estimate of drug-likeness (QED) is 0.680. The molecule has 1 aromatic carbocycles. The van der Waals surface area contributed by atoms with Crippen LogP contribution in [0.15, 0.2) is 36.4 Å². The number of rotatable bonds is 3. The molecule has 1 heteroatoms. The van der Waals surface area contributed by atoms with E-state index in [0.29, 0.717) is 5.92 Å². The van der Waals surface area contributed by atoms with Crippen LogP contribution in [0.4, 0.5) is 0 Å². The van der Waals surface area contributed by atoms with Gasteiger partial charge in [0.2, 0.25) is 0 Å². The standard InChI is InChI=1S/C14H18O/c1-15-14-10-6-5-9-13(14)11-12-7-3-2-4-8-12/h3,5-7,9-10,12H,2,4,8,11H2,1H3. The molecule has 0 bridgehead atoms. The van der Waals surface area contributed by atoms with Crippen LogP contribution in [0.2, 0.25) is 0 Å². The Morgan fingerprint density at radius 1 is 1.33 bits per heavy atom. The number of allylic oxidation sites excluding steroid dienone is 2. The lowest BCUT2D eigenvalue weighted by Crippen LogP contribution is -2.05. The predicted octanol–water partition coefficient (Wildman–Crippen LogP) is 3.59. The zero-order chi connectivity index (χ0) is 10.5. The van der Waals surface area contributed by atoms with Gasteiger partial charge in [-0.3, -0.25) is 0 Å². The van der Waals surface area contributed by atoms with Gasteiger partial charge < -0.3 is 4.74 Å². The Kier molecular flexibility index (Phi) is 3.44. The van der Waals surface area contributed by atoms with Crippen molar-refractivity contribution in [3.8, 4) is 5.75 Å². The Morgan fingerprint density at radius 2 is 2.20 bits per heavy atom. The minimum atomic E-state index is 0.704. The molecule has 1 aliphatic carbocycles. The van der Waals surface area contributed by atoms with Crippen molar-refractivity contribution in [1.29, 1.82) is 0 Å². The average Bonchev–Trinajstić information content (AvgIpc) is 2.31. The van der Waals surface area contributed by atoms with Gasteiger partial charge in [0.1, 0.15) is 5.75 Å². The van der Waals surface area contributed by atoms with Crippen molar-refractivity contribution in [3.63, 3.8) is 0 Å². The molecular weight excluding hydrogens is 184 g/mol. The molecule has 1 nitrogen and oxygen atoms in total. The highest BCUT2D eigenvalue weighted by Gasteiger charge is 2.11. The van der Waals surface area contributed by atoms with Crippen LogP contribution in [0.5, 0.6) is 5.75 Å². The summed E-state index contributed by atoms with van der Waals surface area (Å²) in [6.45, 7) is 0. The SMILES string of the molecule is COc1ccccc1CC1C=CCCC1. The van der Waals surface area contributed by atoms with Crippen LogP contribution in [-0.4, -0.2) is 7.11 Å². The van der Waals surface area contributed by atoms with Gasteiger partial charge in [0, 0.05) is 0 Å². The van der Waals surface area contributed by atoms with Gasteiger partial charge in [0.15, 0.2) is 0 Å². The molecule has 0 radical (unpaired) electrons. The highest BCUT2D eigenvalue weighted by Crippen LogP contribution is 2.26. The van der Waals surface area contributed by atoms with E-state index >= 15 is 0 Å². The summed E-state index contributed by atoms with van der Waals surface area (Å²) in [5.74, 6) is 1.73. The maximum atomic E-state index is 5.36. The molecule has 0 saturated heterocycles. The van der Waals surface area contributed by atoms with Gasteiger partial charge >= 0.3 is 0 Å². The second-order valence-corrected chi connectivity index (χ2v) is 4.14. The first-order valence-electron chi connectivity index (χ1n) is 5.68. The van der Waals surface area contributed by atoms with Crippen LogP contribution in [0.1, 0.15) is 24.8 Å². The van der Waals surface area contributed by atoms with Crippen LogP contribution in [0, 0.1) is 5.92 Å². The van der Waals surface area contributed by atoms with Crippen molar-refractivity contribution in [2.75, 3.05) is 7.11 Å². The molecule has 1 atom stereocenters. The summed E-state index contributed by atoms with van der Waals surface area (Å²) >= 11 is 0. The van der Waals surface area contributed by atoms with E-state index in [9.17, 15) is 0 Å². The third-order valence-corrected chi connectivity index (χ3v) is 3.03. The van der Waals surface area contributed by atoms with E-state index in [4.69, 9.17) is 4.74 Å². The second kappa shape index (κ2) is 5.01. The average molecular weight is 202 g/mol. The first-order valence-corrected chi connectivity index (χ1v) is 5.68. The Balaban J connectivity index is 2.09. The molecule has 0 aromatic heterocycles. The summed E-state index contributed by atoms with van der Waals surface area (Å²) < 4.78 is 5.36. The third-order valence-electron chi connectivity index (χ3n) is 3.03. The predicted molar refractivity (Wildman–Crippen MR) is 63.2 cm³/mol. The van der Waals surface area contributed by atoms with Gasteiger partial charge in [-0.15, -0.1) is 0 Å². The molecule has 0 amide bonds. The fraction of sp³-hybridized carbons (Fsp3) is 0.429. The zero-order valence-electron chi connectivity index (χ0n) is 9.28. The van der Waals surface area contributed by atoms with Gasteiger partial charge in [-0.2, -0.15) is 0 Å². The van der Waals surface area contributed by atoms with Crippen molar-refractivity contribution in [2.45, 2.75) is 25.7 Å². The van der Waals surface area contributed by atoms with Crippen molar-refractivity contribution < 1.29 is 4.74 Å².